The van der Waals surface area contributed by atoms with Crippen molar-refractivity contribution in [2.24, 2.45) is 0 Å². The van der Waals surface area contributed by atoms with E-state index in [-0.39, 0.29) is 23.8 Å². The number of hydrogen-bond donors (Lipinski definition) is 0. The van der Waals surface area contributed by atoms with Gasteiger partial charge in [-0.05, 0) is 30.3 Å². The maximum atomic E-state index is 12.0. The minimum Gasteiger partial charge on any atom is -0.493 e. The van der Waals surface area contributed by atoms with Gasteiger partial charge in [0.25, 0.3) is 5.69 Å². The Bertz CT molecular complexity index is 700. The van der Waals surface area contributed by atoms with Gasteiger partial charge in [0.1, 0.15) is 0 Å². The molecular weight excluding hydrogens is 310 g/mol. The first-order valence-electron chi connectivity index (χ1n) is 6.25. The van der Waals surface area contributed by atoms with Crippen LogP contribution in [0, 0.1) is 10.1 Å². The molecule has 114 valence electrons. The van der Waals surface area contributed by atoms with E-state index in [4.69, 9.17) is 21.1 Å². The van der Waals surface area contributed by atoms with E-state index >= 15 is 0 Å². The molecule has 22 heavy (non-hydrogen) atoms. The summed E-state index contributed by atoms with van der Waals surface area (Å²) in [5.41, 5.74) is 0.295. The number of non-ortho nitro benzene ring substituents is 1. The monoisotopic (exact) mass is 321 g/mol. The highest BCUT2D eigenvalue weighted by Gasteiger charge is 2.14. The molecule has 2 aromatic rings. The molecule has 0 heterocycles. The maximum absolute atomic E-state index is 12.0. The van der Waals surface area contributed by atoms with E-state index in [1.165, 1.54) is 25.3 Å². The second-order valence-corrected chi connectivity index (χ2v) is 4.75. The number of carbonyl (C=O) groups excluding carboxylic acids is 1. The molecule has 0 spiro atoms. The van der Waals surface area contributed by atoms with E-state index in [0.717, 1.165) is 0 Å². The number of halogens is 1. The molecule has 0 N–H and O–H groups in total. The minimum atomic E-state index is -0.548. The number of ketones is 1. The molecule has 7 heteroatoms. The van der Waals surface area contributed by atoms with Crippen LogP contribution in [0.5, 0.6) is 11.5 Å². The topological polar surface area (TPSA) is 78.7 Å². The second-order valence-electron chi connectivity index (χ2n) is 4.31. The Hall–Kier alpha value is -2.60. The summed E-state index contributed by atoms with van der Waals surface area (Å²) in [5.74, 6) is 0.179. The zero-order chi connectivity index (χ0) is 16.1. The molecule has 0 atom stereocenters. The quantitative estimate of drug-likeness (QED) is 0.462. The summed E-state index contributed by atoms with van der Waals surface area (Å²) in [7, 11) is 1.41. The summed E-state index contributed by atoms with van der Waals surface area (Å²) in [6.45, 7) is -0.265. The lowest BCUT2D eigenvalue weighted by Crippen LogP contribution is -2.12. The molecule has 2 aromatic carbocycles. The normalized spacial score (nSPS) is 10.1. The summed E-state index contributed by atoms with van der Waals surface area (Å²) in [4.78, 5) is 22.2. The Morgan fingerprint density at radius 3 is 2.45 bits per heavy atom. The van der Waals surface area contributed by atoms with Gasteiger partial charge >= 0.3 is 0 Å². The van der Waals surface area contributed by atoms with Crippen LogP contribution in [-0.4, -0.2) is 24.4 Å². The Kier molecular flexibility index (Phi) is 4.95. The molecule has 6 nitrogen and oxygen atoms in total. The molecule has 0 radical (unpaired) electrons. The number of carbonyl (C=O) groups is 1. The van der Waals surface area contributed by atoms with Gasteiger partial charge in [-0.15, -0.1) is 0 Å². The van der Waals surface area contributed by atoms with Crippen molar-refractivity contribution in [3.8, 4) is 11.5 Å². The van der Waals surface area contributed by atoms with Gasteiger partial charge in [-0.1, -0.05) is 11.6 Å². The largest absolute Gasteiger partial charge is 0.493 e. The number of nitro benzene ring substituents is 1. The van der Waals surface area contributed by atoms with Gasteiger partial charge in [0.15, 0.2) is 23.9 Å². The van der Waals surface area contributed by atoms with Crippen molar-refractivity contribution >= 4 is 23.1 Å². The van der Waals surface area contributed by atoms with Crippen LogP contribution in [0.15, 0.2) is 42.5 Å². The molecule has 0 amide bonds. The predicted molar refractivity (Wildman–Crippen MR) is 80.9 cm³/mol. The van der Waals surface area contributed by atoms with Crippen LogP contribution in [0.25, 0.3) is 0 Å². The van der Waals surface area contributed by atoms with Crippen LogP contribution in [0.4, 0.5) is 5.69 Å². The summed E-state index contributed by atoms with van der Waals surface area (Å²) < 4.78 is 10.4. The molecule has 0 aliphatic carbocycles. The smallest absolute Gasteiger partial charge is 0.273 e. The van der Waals surface area contributed by atoms with E-state index < -0.39 is 4.92 Å². The number of Topliss-reactive ketones (excluding diaryl/α,β-unsaturated/α-hetero) is 1. The highest BCUT2D eigenvalue weighted by atomic mass is 35.5. The predicted octanol–water partition coefficient (Wildman–Crippen LogP) is 3.52. The third-order valence-corrected chi connectivity index (χ3v) is 3.13. The average molecular weight is 322 g/mol. The molecule has 0 fully saturated rings. The number of nitrogens with zero attached hydrogens (tertiary/aromatic N) is 1. The summed E-state index contributed by atoms with van der Waals surface area (Å²) in [6, 6.07) is 10.3. The van der Waals surface area contributed by atoms with Gasteiger partial charge in [0.2, 0.25) is 0 Å². The molecule has 0 saturated heterocycles. The van der Waals surface area contributed by atoms with E-state index in [0.29, 0.717) is 16.3 Å². The maximum Gasteiger partial charge on any atom is 0.273 e. The third kappa shape index (κ3) is 3.73. The van der Waals surface area contributed by atoms with E-state index in [1.54, 1.807) is 24.3 Å². The Labute approximate surface area is 131 Å². The summed E-state index contributed by atoms with van der Waals surface area (Å²) in [6.07, 6.45) is 0. The fourth-order valence-electron chi connectivity index (χ4n) is 1.75. The van der Waals surface area contributed by atoms with Crippen LogP contribution < -0.4 is 9.47 Å². The van der Waals surface area contributed by atoms with E-state index in [2.05, 4.69) is 0 Å². The van der Waals surface area contributed by atoms with Crippen LogP contribution in [0.3, 0.4) is 0 Å². The fourth-order valence-corrected chi connectivity index (χ4v) is 1.88. The van der Waals surface area contributed by atoms with Crippen molar-refractivity contribution in [1.29, 1.82) is 0 Å². The molecule has 0 aromatic heterocycles. The van der Waals surface area contributed by atoms with Gasteiger partial charge in [0, 0.05) is 16.7 Å². The second kappa shape index (κ2) is 6.91. The van der Waals surface area contributed by atoms with Crippen molar-refractivity contribution in [3.05, 3.63) is 63.2 Å². The number of methoxy groups -OCH3 is 1. The molecule has 0 aliphatic rings. The van der Waals surface area contributed by atoms with Gasteiger partial charge in [0.05, 0.1) is 18.1 Å². The lowest BCUT2D eigenvalue weighted by molar-refractivity contribution is -0.385. The van der Waals surface area contributed by atoms with Gasteiger partial charge in [-0.2, -0.15) is 0 Å². The molecule has 2 rings (SSSR count). The zero-order valence-corrected chi connectivity index (χ0v) is 12.4. The first-order valence-corrected chi connectivity index (χ1v) is 6.63. The number of rotatable bonds is 6. The Morgan fingerprint density at radius 1 is 1.18 bits per heavy atom. The summed E-state index contributed by atoms with van der Waals surface area (Å²) >= 11 is 5.75. The lowest BCUT2D eigenvalue weighted by Gasteiger charge is -2.10. The van der Waals surface area contributed by atoms with Crippen molar-refractivity contribution in [2.45, 2.75) is 0 Å². The zero-order valence-electron chi connectivity index (χ0n) is 11.6. The van der Waals surface area contributed by atoms with Gasteiger partial charge < -0.3 is 9.47 Å². The number of hydrogen-bond acceptors (Lipinski definition) is 5. The molecule has 0 unspecified atom stereocenters. The van der Waals surface area contributed by atoms with Crippen molar-refractivity contribution in [2.75, 3.05) is 13.7 Å². The van der Waals surface area contributed by atoms with Crippen LogP contribution in [0.2, 0.25) is 5.02 Å². The fraction of sp³-hybridized carbons (Fsp3) is 0.133. The van der Waals surface area contributed by atoms with Crippen LogP contribution in [0.1, 0.15) is 10.4 Å². The van der Waals surface area contributed by atoms with E-state index in [9.17, 15) is 14.9 Å². The SMILES string of the molecule is COc1ccc([N+](=O)[O-])cc1OCC(=O)c1ccc(Cl)cc1. The van der Waals surface area contributed by atoms with Crippen LogP contribution >= 0.6 is 11.6 Å². The van der Waals surface area contributed by atoms with Crippen molar-refractivity contribution < 1.29 is 19.2 Å². The molecule has 0 saturated carbocycles. The molecular formula is C15H12ClNO5. The highest BCUT2D eigenvalue weighted by Crippen LogP contribution is 2.31. The van der Waals surface area contributed by atoms with E-state index in [1.807, 2.05) is 0 Å². The van der Waals surface area contributed by atoms with Crippen molar-refractivity contribution in [1.82, 2.24) is 0 Å². The average Bonchev–Trinajstić information content (AvgIpc) is 2.52. The Balaban J connectivity index is 2.13. The number of benzene rings is 2. The van der Waals surface area contributed by atoms with Crippen molar-refractivity contribution in [3.63, 3.8) is 0 Å². The first kappa shape index (κ1) is 15.8. The Morgan fingerprint density at radius 2 is 1.86 bits per heavy atom. The standard InChI is InChI=1S/C15H12ClNO5/c1-21-14-7-6-12(17(19)20)8-15(14)22-9-13(18)10-2-4-11(16)5-3-10/h2-8H,9H2,1H3. The first-order chi connectivity index (χ1) is 10.5. The molecule has 0 aliphatic heterocycles. The number of nitro groups is 1. The summed E-state index contributed by atoms with van der Waals surface area (Å²) in [5, 5.41) is 11.3. The molecule has 0 bridgehead atoms. The highest BCUT2D eigenvalue weighted by molar-refractivity contribution is 6.30. The third-order valence-electron chi connectivity index (χ3n) is 2.88. The van der Waals surface area contributed by atoms with Crippen LogP contribution in [-0.2, 0) is 0 Å². The van der Waals surface area contributed by atoms with Gasteiger partial charge in [-0.3, -0.25) is 14.9 Å². The lowest BCUT2D eigenvalue weighted by atomic mass is 10.1. The number of ether oxygens (including phenoxy) is 2. The van der Waals surface area contributed by atoms with Gasteiger partial charge in [-0.25, -0.2) is 0 Å². The minimum absolute atomic E-state index is 0.138.